The van der Waals surface area contributed by atoms with E-state index in [-0.39, 0.29) is 24.0 Å². The molecule has 0 aromatic rings. The summed E-state index contributed by atoms with van der Waals surface area (Å²) in [4.78, 5) is 13.2. The number of carbonyl (C=O) groups is 1. The van der Waals surface area contributed by atoms with E-state index in [2.05, 4.69) is 4.74 Å². The first-order valence-corrected chi connectivity index (χ1v) is 4.86. The van der Waals surface area contributed by atoms with Crippen LogP contribution in [0.25, 0.3) is 0 Å². The Balaban J connectivity index is 4.16. The molecule has 4 nitrogen and oxygen atoms in total. The van der Waals surface area contributed by atoms with Gasteiger partial charge in [-0.25, -0.2) is 0 Å². The van der Waals surface area contributed by atoms with Crippen molar-refractivity contribution in [3.8, 4) is 0 Å². The number of ether oxygens (including phenoxy) is 1. The average Bonchev–Trinajstić information content (AvgIpc) is 2.13. The van der Waals surface area contributed by atoms with E-state index in [1.54, 1.807) is 6.92 Å². The number of hydrogen-bond acceptors (Lipinski definition) is 4. The maximum Gasteiger partial charge on any atom is 0.309 e. The monoisotopic (exact) mass is 203 g/mol. The molecule has 0 aliphatic heterocycles. The van der Waals surface area contributed by atoms with Gasteiger partial charge in [0.25, 0.3) is 0 Å². The average molecular weight is 203 g/mol. The van der Waals surface area contributed by atoms with Crippen LogP contribution in [0.15, 0.2) is 0 Å². The minimum absolute atomic E-state index is 0.0667. The van der Waals surface area contributed by atoms with Crippen molar-refractivity contribution in [3.63, 3.8) is 0 Å². The molecule has 0 aromatic heterocycles. The summed E-state index contributed by atoms with van der Waals surface area (Å²) < 4.78 is 4.66. The number of aliphatic hydroxyl groups excluding tert-OH is 1. The molecule has 14 heavy (non-hydrogen) atoms. The molecular weight excluding hydrogens is 182 g/mol. The molecular formula is C10H21NO3. The molecule has 1 N–H and O–H groups in total. The molecule has 84 valence electrons. The normalized spacial score (nSPS) is 17.6. The summed E-state index contributed by atoms with van der Waals surface area (Å²) in [6, 6.07) is 0.0667. The molecule has 0 spiro atoms. The highest BCUT2D eigenvalue weighted by atomic mass is 16.5. The largest absolute Gasteiger partial charge is 0.469 e. The van der Waals surface area contributed by atoms with Gasteiger partial charge in [0.05, 0.1) is 19.1 Å². The second-order valence-corrected chi connectivity index (χ2v) is 3.84. The third-order valence-corrected chi connectivity index (χ3v) is 2.54. The van der Waals surface area contributed by atoms with E-state index in [4.69, 9.17) is 0 Å². The van der Waals surface area contributed by atoms with E-state index in [9.17, 15) is 9.90 Å². The molecule has 0 aromatic carbocycles. The zero-order chi connectivity index (χ0) is 11.3. The number of methoxy groups -OCH3 is 1. The van der Waals surface area contributed by atoms with Crippen LogP contribution in [-0.4, -0.2) is 48.8 Å². The van der Waals surface area contributed by atoms with Crippen LogP contribution in [0.2, 0.25) is 0 Å². The number of hydrogen-bond donors (Lipinski definition) is 1. The summed E-state index contributed by atoms with van der Waals surface area (Å²) >= 11 is 0. The molecule has 0 aliphatic carbocycles. The van der Waals surface area contributed by atoms with E-state index < -0.39 is 0 Å². The van der Waals surface area contributed by atoms with Crippen LogP contribution in [-0.2, 0) is 9.53 Å². The van der Waals surface area contributed by atoms with E-state index in [0.29, 0.717) is 6.54 Å². The van der Waals surface area contributed by atoms with Crippen molar-refractivity contribution in [1.29, 1.82) is 0 Å². The Morgan fingerprint density at radius 1 is 1.43 bits per heavy atom. The summed E-state index contributed by atoms with van der Waals surface area (Å²) in [7, 11) is 3.27. The molecule has 3 atom stereocenters. The number of likely N-dealkylation sites (N-methyl/N-ethyl adjacent to an activating group) is 1. The molecule has 0 fully saturated rings. The molecule has 3 unspecified atom stereocenters. The number of esters is 1. The van der Waals surface area contributed by atoms with Gasteiger partial charge in [0.2, 0.25) is 0 Å². The number of nitrogens with zero attached hydrogens (tertiary/aromatic N) is 1. The zero-order valence-corrected chi connectivity index (χ0v) is 9.65. The lowest BCUT2D eigenvalue weighted by Crippen LogP contribution is -2.41. The van der Waals surface area contributed by atoms with Gasteiger partial charge < -0.3 is 14.7 Å². The van der Waals surface area contributed by atoms with Crippen LogP contribution in [0, 0.1) is 5.92 Å². The van der Waals surface area contributed by atoms with Crippen molar-refractivity contribution in [2.24, 2.45) is 5.92 Å². The molecule has 0 saturated heterocycles. The molecule has 0 radical (unpaired) electrons. The van der Waals surface area contributed by atoms with Crippen molar-refractivity contribution < 1.29 is 14.6 Å². The molecule has 0 rings (SSSR count). The van der Waals surface area contributed by atoms with Gasteiger partial charge in [-0.05, 0) is 20.9 Å². The first-order chi connectivity index (χ1) is 6.40. The van der Waals surface area contributed by atoms with Gasteiger partial charge in [0.15, 0.2) is 0 Å². The lowest BCUT2D eigenvalue weighted by Gasteiger charge is -2.29. The van der Waals surface area contributed by atoms with Crippen molar-refractivity contribution in [2.45, 2.75) is 32.9 Å². The van der Waals surface area contributed by atoms with E-state index in [0.717, 1.165) is 0 Å². The van der Waals surface area contributed by atoms with Gasteiger partial charge in [0.1, 0.15) is 0 Å². The zero-order valence-electron chi connectivity index (χ0n) is 9.65. The molecule has 0 amide bonds. The molecule has 0 heterocycles. The Labute approximate surface area is 85.9 Å². The van der Waals surface area contributed by atoms with Crippen molar-refractivity contribution in [2.75, 3.05) is 20.7 Å². The number of carbonyl (C=O) groups excluding carboxylic acids is 1. The second-order valence-electron chi connectivity index (χ2n) is 3.84. The summed E-state index contributed by atoms with van der Waals surface area (Å²) in [5, 5.41) is 9.19. The van der Waals surface area contributed by atoms with E-state index >= 15 is 0 Å². The highest BCUT2D eigenvalue weighted by Gasteiger charge is 2.24. The topological polar surface area (TPSA) is 49.8 Å². The predicted octanol–water partition coefficient (Wildman–Crippen LogP) is 0.497. The van der Waals surface area contributed by atoms with Crippen LogP contribution < -0.4 is 0 Å². The van der Waals surface area contributed by atoms with Crippen molar-refractivity contribution in [3.05, 3.63) is 0 Å². The number of rotatable bonds is 5. The Hall–Kier alpha value is -0.610. The van der Waals surface area contributed by atoms with Gasteiger partial charge in [-0.2, -0.15) is 0 Å². The molecule has 0 bridgehead atoms. The van der Waals surface area contributed by atoms with Gasteiger partial charge in [-0.1, -0.05) is 6.92 Å². The first kappa shape index (κ1) is 13.4. The van der Waals surface area contributed by atoms with Crippen molar-refractivity contribution in [1.82, 2.24) is 4.90 Å². The number of aliphatic hydroxyl groups is 1. The maximum atomic E-state index is 11.2. The van der Waals surface area contributed by atoms with Crippen molar-refractivity contribution >= 4 is 5.97 Å². The Bertz CT molecular complexity index is 182. The summed E-state index contributed by atoms with van der Waals surface area (Å²) in [6.45, 7) is 6.06. The predicted molar refractivity (Wildman–Crippen MR) is 55.0 cm³/mol. The summed E-state index contributed by atoms with van der Waals surface area (Å²) in [5.74, 6) is -0.390. The van der Waals surface area contributed by atoms with Crippen LogP contribution in [0.3, 0.4) is 0 Å². The summed E-state index contributed by atoms with van der Waals surface area (Å²) in [6.07, 6.45) is -0.382. The lowest BCUT2D eigenvalue weighted by molar-refractivity contribution is -0.147. The summed E-state index contributed by atoms with van der Waals surface area (Å²) in [5.41, 5.74) is 0. The third kappa shape index (κ3) is 4.07. The fourth-order valence-corrected chi connectivity index (χ4v) is 1.35. The van der Waals surface area contributed by atoms with Gasteiger partial charge in [0, 0.05) is 12.6 Å². The van der Waals surface area contributed by atoms with Crippen LogP contribution >= 0.6 is 0 Å². The highest BCUT2D eigenvalue weighted by Crippen LogP contribution is 2.11. The van der Waals surface area contributed by atoms with Crippen LogP contribution in [0.4, 0.5) is 0 Å². The minimum atomic E-state index is -0.382. The molecule has 0 aliphatic rings. The fourth-order valence-electron chi connectivity index (χ4n) is 1.35. The second kappa shape index (κ2) is 5.98. The van der Waals surface area contributed by atoms with E-state index in [1.807, 2.05) is 25.8 Å². The maximum absolute atomic E-state index is 11.2. The Morgan fingerprint density at radius 3 is 2.29 bits per heavy atom. The van der Waals surface area contributed by atoms with Crippen LogP contribution in [0.1, 0.15) is 20.8 Å². The highest BCUT2D eigenvalue weighted by molar-refractivity contribution is 5.72. The quantitative estimate of drug-likeness (QED) is 0.661. The molecule has 0 saturated carbocycles. The minimum Gasteiger partial charge on any atom is -0.469 e. The fraction of sp³-hybridized carbons (Fsp3) is 0.900. The smallest absolute Gasteiger partial charge is 0.309 e. The SMILES string of the molecule is COC(=O)C(C)C(C)N(C)CC(C)O. The van der Waals surface area contributed by atoms with E-state index in [1.165, 1.54) is 7.11 Å². The Kier molecular flexibility index (Phi) is 5.72. The van der Waals surface area contributed by atoms with Gasteiger partial charge >= 0.3 is 5.97 Å². The van der Waals surface area contributed by atoms with Crippen LogP contribution in [0.5, 0.6) is 0 Å². The first-order valence-electron chi connectivity index (χ1n) is 4.86. The molecule has 4 heteroatoms. The van der Waals surface area contributed by atoms with Gasteiger partial charge in [-0.3, -0.25) is 4.79 Å². The van der Waals surface area contributed by atoms with Gasteiger partial charge in [-0.15, -0.1) is 0 Å². The Morgan fingerprint density at radius 2 is 1.93 bits per heavy atom. The standard InChI is InChI=1S/C10H21NO3/c1-7(12)6-11(4)9(3)8(2)10(13)14-5/h7-9,12H,6H2,1-5H3. The lowest BCUT2D eigenvalue weighted by atomic mass is 10.0. The third-order valence-electron chi connectivity index (χ3n) is 2.54.